The Morgan fingerprint density at radius 3 is 2.58 bits per heavy atom. The highest BCUT2D eigenvalue weighted by Gasteiger charge is 2.32. The number of amides is 2. The van der Waals surface area contributed by atoms with Crippen molar-refractivity contribution >= 4 is 40.9 Å². The van der Waals surface area contributed by atoms with Crippen molar-refractivity contribution in [2.24, 2.45) is 0 Å². The maximum absolute atomic E-state index is 12.7. The first kappa shape index (κ1) is 21.3. The Kier molecular flexibility index (Phi) is 6.49. The number of hydrogen-bond acceptors (Lipinski definition) is 4. The van der Waals surface area contributed by atoms with Crippen LogP contribution >= 0.6 is 23.4 Å². The van der Waals surface area contributed by atoms with Crippen molar-refractivity contribution < 1.29 is 14.3 Å². The third kappa shape index (κ3) is 4.86. The average molecular weight is 453 g/mol. The fourth-order valence-electron chi connectivity index (χ4n) is 3.45. The minimum Gasteiger partial charge on any atom is -0.495 e. The van der Waals surface area contributed by atoms with Gasteiger partial charge < -0.3 is 15.0 Å². The number of nitrogens with one attached hydrogen (secondary N) is 1. The minimum atomic E-state index is -0.261. The highest BCUT2D eigenvalue weighted by molar-refractivity contribution is 8.00. The molecular formula is C24H21ClN2O3S. The van der Waals surface area contributed by atoms with Crippen LogP contribution in [-0.2, 0) is 11.3 Å². The summed E-state index contributed by atoms with van der Waals surface area (Å²) in [5.74, 6) is 0.845. The molecule has 1 heterocycles. The molecular weight excluding hydrogens is 432 g/mol. The van der Waals surface area contributed by atoms with Crippen molar-refractivity contribution in [3.05, 3.63) is 94.5 Å². The summed E-state index contributed by atoms with van der Waals surface area (Å²) in [5, 5.41) is 3.27. The number of nitrogens with zero attached hydrogens (tertiary/aromatic N) is 1. The van der Waals surface area contributed by atoms with Gasteiger partial charge >= 0.3 is 0 Å². The molecule has 1 N–H and O–H groups in total. The summed E-state index contributed by atoms with van der Waals surface area (Å²) in [6, 6.07) is 22.3. The van der Waals surface area contributed by atoms with Gasteiger partial charge in [-0.15, -0.1) is 11.8 Å². The zero-order chi connectivity index (χ0) is 21.8. The molecule has 158 valence electrons. The van der Waals surface area contributed by atoms with E-state index in [-0.39, 0.29) is 17.2 Å². The Labute approximate surface area is 190 Å². The predicted molar refractivity (Wildman–Crippen MR) is 125 cm³/mol. The van der Waals surface area contributed by atoms with Gasteiger partial charge in [0.05, 0.1) is 18.6 Å². The Hall–Kier alpha value is -2.96. The van der Waals surface area contributed by atoms with Gasteiger partial charge in [0.15, 0.2) is 0 Å². The van der Waals surface area contributed by atoms with Gasteiger partial charge in [-0.2, -0.15) is 0 Å². The van der Waals surface area contributed by atoms with Gasteiger partial charge in [0, 0.05) is 17.1 Å². The van der Waals surface area contributed by atoms with Crippen LogP contribution in [0.5, 0.6) is 5.75 Å². The van der Waals surface area contributed by atoms with Gasteiger partial charge in [-0.1, -0.05) is 54.1 Å². The first-order valence-corrected chi connectivity index (χ1v) is 11.2. The van der Waals surface area contributed by atoms with Gasteiger partial charge in [-0.05, 0) is 41.5 Å². The number of carbonyl (C=O) groups excluding carboxylic acids is 2. The van der Waals surface area contributed by atoms with E-state index in [2.05, 4.69) is 5.32 Å². The molecule has 1 atom stereocenters. The molecule has 5 nitrogen and oxygen atoms in total. The van der Waals surface area contributed by atoms with Crippen LogP contribution in [0.3, 0.4) is 0 Å². The average Bonchev–Trinajstić information content (AvgIpc) is 3.15. The fourth-order valence-corrected chi connectivity index (χ4v) is 4.81. The summed E-state index contributed by atoms with van der Waals surface area (Å²) < 4.78 is 5.28. The number of rotatable bonds is 6. The molecule has 4 rings (SSSR count). The Bertz CT molecular complexity index is 1090. The summed E-state index contributed by atoms with van der Waals surface area (Å²) in [7, 11) is 1.54. The molecule has 0 aliphatic carbocycles. The van der Waals surface area contributed by atoms with Crippen LogP contribution in [0.15, 0.2) is 72.8 Å². The lowest BCUT2D eigenvalue weighted by atomic mass is 10.1. The third-order valence-electron chi connectivity index (χ3n) is 5.03. The predicted octanol–water partition coefficient (Wildman–Crippen LogP) is 5.38. The largest absolute Gasteiger partial charge is 0.495 e. The lowest BCUT2D eigenvalue weighted by molar-refractivity contribution is -0.128. The summed E-state index contributed by atoms with van der Waals surface area (Å²) in [4.78, 5) is 27.0. The van der Waals surface area contributed by atoms with E-state index in [9.17, 15) is 9.59 Å². The number of ether oxygens (including phenoxy) is 1. The number of halogens is 1. The van der Waals surface area contributed by atoms with Gasteiger partial charge in [0.1, 0.15) is 11.1 Å². The highest BCUT2D eigenvalue weighted by atomic mass is 35.5. The molecule has 7 heteroatoms. The molecule has 0 aromatic heterocycles. The quantitative estimate of drug-likeness (QED) is 0.545. The molecule has 1 unspecified atom stereocenters. The van der Waals surface area contributed by atoms with Gasteiger partial charge in [-0.3, -0.25) is 9.59 Å². The number of methoxy groups -OCH3 is 1. The van der Waals surface area contributed by atoms with Crippen molar-refractivity contribution in [3.63, 3.8) is 0 Å². The van der Waals surface area contributed by atoms with Crippen LogP contribution < -0.4 is 10.1 Å². The second-order valence-electron chi connectivity index (χ2n) is 7.09. The SMILES string of the molecule is COc1ccc(Cl)cc1NC(=O)c1ccc(C2SCC(=O)N2Cc2ccccc2)cc1. The minimum absolute atomic E-state index is 0.0714. The zero-order valence-corrected chi connectivity index (χ0v) is 18.5. The summed E-state index contributed by atoms with van der Waals surface area (Å²) in [6.45, 7) is 0.564. The molecule has 0 bridgehead atoms. The topological polar surface area (TPSA) is 58.6 Å². The van der Waals surface area contributed by atoms with E-state index in [1.54, 1.807) is 42.1 Å². The lowest BCUT2D eigenvalue weighted by Gasteiger charge is -2.24. The first-order chi connectivity index (χ1) is 15.0. The van der Waals surface area contributed by atoms with Crippen molar-refractivity contribution in [1.82, 2.24) is 4.90 Å². The molecule has 1 fully saturated rings. The molecule has 3 aromatic rings. The van der Waals surface area contributed by atoms with E-state index in [0.29, 0.717) is 34.3 Å². The van der Waals surface area contributed by atoms with Gasteiger partial charge in [0.2, 0.25) is 5.91 Å². The van der Waals surface area contributed by atoms with Crippen LogP contribution in [0.25, 0.3) is 0 Å². The summed E-state index contributed by atoms with van der Waals surface area (Å²) in [6.07, 6.45) is 0. The fraction of sp³-hybridized carbons (Fsp3) is 0.167. The van der Waals surface area contributed by atoms with Crippen LogP contribution in [0, 0.1) is 0 Å². The van der Waals surface area contributed by atoms with Gasteiger partial charge in [-0.25, -0.2) is 0 Å². The summed E-state index contributed by atoms with van der Waals surface area (Å²) >= 11 is 7.64. The Morgan fingerprint density at radius 1 is 1.13 bits per heavy atom. The number of carbonyl (C=O) groups is 2. The maximum Gasteiger partial charge on any atom is 0.255 e. The van der Waals surface area contributed by atoms with Crippen molar-refractivity contribution in [1.29, 1.82) is 0 Å². The van der Waals surface area contributed by atoms with E-state index in [4.69, 9.17) is 16.3 Å². The lowest BCUT2D eigenvalue weighted by Crippen LogP contribution is -2.27. The van der Waals surface area contributed by atoms with E-state index < -0.39 is 0 Å². The molecule has 1 saturated heterocycles. The van der Waals surface area contributed by atoms with Crippen LogP contribution in [-0.4, -0.2) is 29.6 Å². The third-order valence-corrected chi connectivity index (χ3v) is 6.52. The molecule has 0 spiro atoms. The number of hydrogen-bond donors (Lipinski definition) is 1. The van der Waals surface area contributed by atoms with Crippen LogP contribution in [0.1, 0.15) is 26.9 Å². The molecule has 0 radical (unpaired) electrons. The molecule has 3 aromatic carbocycles. The van der Waals surface area contributed by atoms with E-state index in [1.807, 2.05) is 47.4 Å². The summed E-state index contributed by atoms with van der Waals surface area (Å²) in [5.41, 5.74) is 3.10. The molecule has 1 aliphatic heterocycles. The van der Waals surface area contributed by atoms with Crippen LogP contribution in [0.4, 0.5) is 5.69 Å². The van der Waals surface area contributed by atoms with Crippen molar-refractivity contribution in [2.45, 2.75) is 11.9 Å². The number of anilines is 1. The van der Waals surface area contributed by atoms with E-state index >= 15 is 0 Å². The Balaban J connectivity index is 1.49. The number of benzene rings is 3. The Morgan fingerprint density at radius 2 is 1.87 bits per heavy atom. The second-order valence-corrected chi connectivity index (χ2v) is 8.60. The second kappa shape index (κ2) is 9.45. The molecule has 2 amide bonds. The standard InChI is InChI=1S/C24H21ClN2O3S/c1-30-21-12-11-19(25)13-20(21)26-23(29)17-7-9-18(10-8-17)24-27(22(28)15-31-24)14-16-5-3-2-4-6-16/h2-13,24H,14-15H2,1H3,(H,26,29). The first-order valence-electron chi connectivity index (χ1n) is 9.75. The monoisotopic (exact) mass is 452 g/mol. The maximum atomic E-state index is 12.7. The number of thioether (sulfide) groups is 1. The van der Waals surface area contributed by atoms with Crippen LogP contribution in [0.2, 0.25) is 5.02 Å². The van der Waals surface area contributed by atoms with Crippen molar-refractivity contribution in [3.8, 4) is 5.75 Å². The molecule has 0 saturated carbocycles. The van der Waals surface area contributed by atoms with Crippen molar-refractivity contribution in [2.75, 3.05) is 18.2 Å². The van der Waals surface area contributed by atoms with Gasteiger partial charge in [0.25, 0.3) is 5.91 Å². The molecule has 1 aliphatic rings. The normalized spacial score (nSPS) is 15.7. The highest BCUT2D eigenvalue weighted by Crippen LogP contribution is 2.39. The molecule has 31 heavy (non-hydrogen) atoms. The smallest absolute Gasteiger partial charge is 0.255 e. The zero-order valence-electron chi connectivity index (χ0n) is 16.9. The van der Waals surface area contributed by atoms with E-state index in [0.717, 1.165) is 11.1 Å². The van der Waals surface area contributed by atoms with E-state index in [1.165, 1.54) is 7.11 Å².